The van der Waals surface area contributed by atoms with Gasteiger partial charge in [0.05, 0.1) is 22.4 Å². The largest absolute Gasteiger partial charge is 0.371 e. The minimum Gasteiger partial charge on any atom is -0.371 e. The Balaban J connectivity index is 2.04. The first-order chi connectivity index (χ1) is 9.99. The standard InChI is InChI=1S/C14H19ClN4OS/c1-8(2)6-7-16-14(20)9(3)17-12-10(15)4-5-11-13(12)19-21-18-11/h4-5,8-9,17H,6-7H2,1-3H3,(H,16,20). The molecule has 1 amide bonds. The zero-order valence-corrected chi connectivity index (χ0v) is 13.9. The molecule has 1 aromatic carbocycles. The molecule has 7 heteroatoms. The zero-order valence-electron chi connectivity index (χ0n) is 12.3. The summed E-state index contributed by atoms with van der Waals surface area (Å²) in [6, 6.07) is 3.19. The van der Waals surface area contributed by atoms with Gasteiger partial charge in [-0.05, 0) is 31.4 Å². The molecule has 2 rings (SSSR count). The smallest absolute Gasteiger partial charge is 0.242 e. The van der Waals surface area contributed by atoms with Crippen LogP contribution in [0, 0.1) is 5.92 Å². The number of hydrogen-bond acceptors (Lipinski definition) is 5. The molecule has 0 aliphatic rings. The summed E-state index contributed by atoms with van der Waals surface area (Å²) in [4.78, 5) is 12.1. The number of carbonyl (C=O) groups is 1. The lowest BCUT2D eigenvalue weighted by Gasteiger charge is -2.16. The second kappa shape index (κ2) is 7.04. The fraction of sp³-hybridized carbons (Fsp3) is 0.500. The maximum absolute atomic E-state index is 12.1. The highest BCUT2D eigenvalue weighted by Crippen LogP contribution is 2.30. The average Bonchev–Trinajstić information content (AvgIpc) is 2.89. The normalized spacial score (nSPS) is 12.6. The second-order valence-electron chi connectivity index (χ2n) is 5.39. The summed E-state index contributed by atoms with van der Waals surface area (Å²) in [6.45, 7) is 6.74. The van der Waals surface area contributed by atoms with Crippen LogP contribution in [-0.4, -0.2) is 27.2 Å². The minimum atomic E-state index is -0.387. The number of amides is 1. The van der Waals surface area contributed by atoms with E-state index in [9.17, 15) is 4.79 Å². The number of carbonyl (C=O) groups excluding carboxylic acids is 1. The van der Waals surface area contributed by atoms with Gasteiger partial charge >= 0.3 is 0 Å². The van der Waals surface area contributed by atoms with Crippen LogP contribution in [0.1, 0.15) is 27.2 Å². The second-order valence-corrected chi connectivity index (χ2v) is 6.33. The van der Waals surface area contributed by atoms with Crippen molar-refractivity contribution < 1.29 is 4.79 Å². The Kier molecular flexibility index (Phi) is 5.36. The third-order valence-corrected chi connectivity index (χ3v) is 4.01. The predicted molar refractivity (Wildman–Crippen MR) is 88.0 cm³/mol. The molecule has 0 aliphatic heterocycles. The third kappa shape index (κ3) is 4.04. The molecule has 114 valence electrons. The number of anilines is 1. The van der Waals surface area contributed by atoms with E-state index in [1.807, 2.05) is 6.07 Å². The summed E-state index contributed by atoms with van der Waals surface area (Å²) in [5.74, 6) is 0.518. The van der Waals surface area contributed by atoms with E-state index in [0.717, 1.165) is 23.7 Å². The van der Waals surface area contributed by atoms with Crippen LogP contribution < -0.4 is 10.6 Å². The van der Waals surface area contributed by atoms with Gasteiger partial charge in [-0.15, -0.1) is 0 Å². The summed E-state index contributed by atoms with van der Waals surface area (Å²) >= 11 is 7.33. The van der Waals surface area contributed by atoms with Crippen molar-refractivity contribution in [2.75, 3.05) is 11.9 Å². The first-order valence-electron chi connectivity index (χ1n) is 6.94. The van der Waals surface area contributed by atoms with Crippen molar-refractivity contribution in [2.45, 2.75) is 33.2 Å². The number of rotatable bonds is 6. The van der Waals surface area contributed by atoms with E-state index < -0.39 is 0 Å². The molecule has 0 saturated heterocycles. The molecule has 0 bridgehead atoms. The molecule has 2 N–H and O–H groups in total. The molecule has 0 radical (unpaired) electrons. The molecule has 2 aromatic rings. The number of fused-ring (bicyclic) bond motifs is 1. The number of aromatic nitrogens is 2. The monoisotopic (exact) mass is 326 g/mol. The lowest BCUT2D eigenvalue weighted by molar-refractivity contribution is -0.121. The van der Waals surface area contributed by atoms with Gasteiger partial charge in [-0.3, -0.25) is 4.79 Å². The van der Waals surface area contributed by atoms with Gasteiger partial charge < -0.3 is 10.6 Å². The van der Waals surface area contributed by atoms with Crippen LogP contribution >= 0.6 is 23.3 Å². The van der Waals surface area contributed by atoms with Gasteiger partial charge in [0, 0.05) is 6.54 Å². The summed E-state index contributed by atoms with van der Waals surface area (Å²) in [5.41, 5.74) is 2.14. The van der Waals surface area contributed by atoms with Crippen LogP contribution in [0.15, 0.2) is 12.1 Å². The highest BCUT2D eigenvalue weighted by molar-refractivity contribution is 7.00. The lowest BCUT2D eigenvalue weighted by Crippen LogP contribution is -2.38. The molecule has 0 aliphatic carbocycles. The van der Waals surface area contributed by atoms with E-state index in [-0.39, 0.29) is 11.9 Å². The zero-order chi connectivity index (χ0) is 15.4. The van der Waals surface area contributed by atoms with E-state index in [1.165, 1.54) is 0 Å². The van der Waals surface area contributed by atoms with Crippen molar-refractivity contribution in [1.29, 1.82) is 0 Å². The van der Waals surface area contributed by atoms with Gasteiger partial charge in [0.2, 0.25) is 5.91 Å². The first kappa shape index (κ1) is 16.0. The van der Waals surface area contributed by atoms with Gasteiger partial charge in [0.15, 0.2) is 0 Å². The van der Waals surface area contributed by atoms with Gasteiger partial charge in [-0.1, -0.05) is 25.4 Å². The minimum absolute atomic E-state index is 0.0492. The van der Waals surface area contributed by atoms with Crippen LogP contribution in [-0.2, 0) is 4.79 Å². The Bertz CT molecular complexity index is 628. The van der Waals surface area contributed by atoms with E-state index in [4.69, 9.17) is 11.6 Å². The van der Waals surface area contributed by atoms with Crippen LogP contribution in [0.4, 0.5) is 5.69 Å². The molecule has 5 nitrogen and oxygen atoms in total. The molecule has 1 atom stereocenters. The van der Waals surface area contributed by atoms with E-state index >= 15 is 0 Å². The highest BCUT2D eigenvalue weighted by atomic mass is 35.5. The molecule has 0 saturated carbocycles. The van der Waals surface area contributed by atoms with Crippen molar-refractivity contribution in [3.05, 3.63) is 17.2 Å². The fourth-order valence-electron chi connectivity index (χ4n) is 1.88. The number of nitrogens with one attached hydrogen (secondary N) is 2. The molecule has 1 heterocycles. The number of benzene rings is 1. The van der Waals surface area contributed by atoms with Gasteiger partial charge in [0.25, 0.3) is 0 Å². The van der Waals surface area contributed by atoms with Crippen LogP contribution in [0.5, 0.6) is 0 Å². The number of hydrogen-bond donors (Lipinski definition) is 2. The van der Waals surface area contributed by atoms with Crippen molar-refractivity contribution >= 4 is 46.0 Å². The maximum Gasteiger partial charge on any atom is 0.242 e. The molecule has 1 unspecified atom stereocenters. The van der Waals surface area contributed by atoms with Crippen molar-refractivity contribution in [1.82, 2.24) is 14.1 Å². The molecule has 0 spiro atoms. The van der Waals surface area contributed by atoms with Crippen LogP contribution in [0.3, 0.4) is 0 Å². The van der Waals surface area contributed by atoms with E-state index in [0.29, 0.717) is 28.7 Å². The van der Waals surface area contributed by atoms with E-state index in [2.05, 4.69) is 33.2 Å². The molecule has 1 aromatic heterocycles. The lowest BCUT2D eigenvalue weighted by atomic mass is 10.1. The summed E-state index contributed by atoms with van der Waals surface area (Å²) in [5, 5.41) is 6.59. The topological polar surface area (TPSA) is 66.9 Å². The maximum atomic E-state index is 12.1. The summed E-state index contributed by atoms with van der Waals surface area (Å²) in [7, 11) is 0. The van der Waals surface area contributed by atoms with E-state index in [1.54, 1.807) is 13.0 Å². The Morgan fingerprint density at radius 2 is 2.10 bits per heavy atom. The fourth-order valence-corrected chi connectivity index (χ4v) is 2.63. The predicted octanol–water partition coefficient (Wildman–Crippen LogP) is 3.31. The molecular formula is C14H19ClN4OS. The Morgan fingerprint density at radius 1 is 1.33 bits per heavy atom. The van der Waals surface area contributed by atoms with Crippen molar-refractivity contribution in [2.24, 2.45) is 5.92 Å². The Labute approximate surface area is 133 Å². The quantitative estimate of drug-likeness (QED) is 0.854. The first-order valence-corrected chi connectivity index (χ1v) is 8.05. The SMILES string of the molecule is CC(C)CCNC(=O)C(C)Nc1c(Cl)ccc2nsnc12. The molecule has 0 fully saturated rings. The van der Waals surface area contributed by atoms with Gasteiger partial charge in [0.1, 0.15) is 17.1 Å². The van der Waals surface area contributed by atoms with Crippen LogP contribution in [0.25, 0.3) is 11.0 Å². The van der Waals surface area contributed by atoms with Gasteiger partial charge in [-0.2, -0.15) is 8.75 Å². The Hall–Kier alpha value is -1.40. The van der Waals surface area contributed by atoms with Crippen molar-refractivity contribution in [3.63, 3.8) is 0 Å². The number of nitrogens with zero attached hydrogens (tertiary/aromatic N) is 2. The highest BCUT2D eigenvalue weighted by Gasteiger charge is 2.17. The van der Waals surface area contributed by atoms with Gasteiger partial charge in [-0.25, -0.2) is 0 Å². The number of halogens is 1. The third-order valence-electron chi connectivity index (χ3n) is 3.15. The Morgan fingerprint density at radius 3 is 2.81 bits per heavy atom. The van der Waals surface area contributed by atoms with Crippen LogP contribution in [0.2, 0.25) is 5.02 Å². The average molecular weight is 327 g/mol. The molecule has 21 heavy (non-hydrogen) atoms. The molecular weight excluding hydrogens is 308 g/mol. The summed E-state index contributed by atoms with van der Waals surface area (Å²) < 4.78 is 8.40. The summed E-state index contributed by atoms with van der Waals surface area (Å²) in [6.07, 6.45) is 0.963. The van der Waals surface area contributed by atoms with Crippen molar-refractivity contribution in [3.8, 4) is 0 Å².